The van der Waals surface area contributed by atoms with Gasteiger partial charge < -0.3 is 24.6 Å². The number of hydrogen-bond donors (Lipinski definition) is 1. The first-order chi connectivity index (χ1) is 17.1. The van der Waals surface area contributed by atoms with Gasteiger partial charge in [-0.3, -0.25) is 14.7 Å². The summed E-state index contributed by atoms with van der Waals surface area (Å²) in [4.78, 5) is 28.2. The molecule has 0 saturated carbocycles. The molecule has 0 bridgehead atoms. The molecule has 9 nitrogen and oxygen atoms in total. The van der Waals surface area contributed by atoms with Crippen LogP contribution in [-0.4, -0.2) is 84.2 Å². The molecule has 0 aliphatic carbocycles. The van der Waals surface area contributed by atoms with Gasteiger partial charge in [-0.15, -0.1) is 0 Å². The lowest BCUT2D eigenvalue weighted by Gasteiger charge is -2.43. The Bertz CT molecular complexity index is 1140. The second kappa shape index (κ2) is 9.13. The molecule has 0 unspecified atom stereocenters. The summed E-state index contributed by atoms with van der Waals surface area (Å²) in [5.74, 6) is 2.05. The molecule has 4 aliphatic rings. The van der Waals surface area contributed by atoms with Gasteiger partial charge in [-0.05, 0) is 31.6 Å². The summed E-state index contributed by atoms with van der Waals surface area (Å²) in [6.45, 7) is 12.8. The normalized spacial score (nSPS) is 22.4. The summed E-state index contributed by atoms with van der Waals surface area (Å²) in [5, 5.41) is 3.56. The number of nitrogens with zero attached hydrogens (tertiary/aromatic N) is 5. The van der Waals surface area contributed by atoms with E-state index in [2.05, 4.69) is 38.8 Å². The summed E-state index contributed by atoms with van der Waals surface area (Å²) >= 11 is 0. The molecule has 184 valence electrons. The highest BCUT2D eigenvalue weighted by molar-refractivity contribution is 5.87. The smallest absolute Gasteiger partial charge is 0.246 e. The van der Waals surface area contributed by atoms with Crippen LogP contribution in [0, 0.1) is 6.92 Å². The average Bonchev–Trinajstić information content (AvgIpc) is 3.24. The van der Waals surface area contributed by atoms with Crippen LogP contribution in [0.3, 0.4) is 0 Å². The minimum absolute atomic E-state index is 0.0318. The van der Waals surface area contributed by atoms with Crippen molar-refractivity contribution < 1.29 is 14.3 Å². The monoisotopic (exact) mass is 476 g/mol. The Balaban J connectivity index is 1.18. The highest BCUT2D eigenvalue weighted by Gasteiger charge is 2.38. The first kappa shape index (κ1) is 22.3. The van der Waals surface area contributed by atoms with Crippen molar-refractivity contribution in [3.63, 3.8) is 0 Å². The summed E-state index contributed by atoms with van der Waals surface area (Å²) in [6.07, 6.45) is 4.30. The number of morpholine rings is 1. The number of pyridine rings is 2. The summed E-state index contributed by atoms with van der Waals surface area (Å²) in [6, 6.07) is 4.62. The number of carbonyl (C=O) groups is 1. The second-order valence-corrected chi connectivity index (χ2v) is 9.76. The standard InChI is InChI=1S/C26H32N6O3/c1-3-24(33)31-7-5-19(15-31)32-13-18(14-32)21-12-22-25(17(2)28-21)35-16-20-23(4-6-27-26(20)29-22)30-8-10-34-11-9-30/h3-4,6,12,18-19H,1,5,7-11,13-16H2,2H3,(H,27,29)/t19-/m1/s1. The molecule has 35 heavy (non-hydrogen) atoms. The maximum absolute atomic E-state index is 11.9. The Kier molecular flexibility index (Phi) is 5.82. The van der Waals surface area contributed by atoms with Crippen LogP contribution in [0.25, 0.3) is 0 Å². The molecule has 1 atom stereocenters. The Labute approximate surface area is 205 Å². The number of hydrogen-bond acceptors (Lipinski definition) is 8. The van der Waals surface area contributed by atoms with E-state index < -0.39 is 0 Å². The van der Waals surface area contributed by atoms with Crippen LogP contribution in [0.15, 0.2) is 31.0 Å². The summed E-state index contributed by atoms with van der Waals surface area (Å²) < 4.78 is 11.8. The molecule has 0 radical (unpaired) electrons. The molecular weight excluding hydrogens is 444 g/mol. The van der Waals surface area contributed by atoms with Gasteiger partial charge >= 0.3 is 0 Å². The average molecular weight is 477 g/mol. The lowest BCUT2D eigenvalue weighted by atomic mass is 9.92. The molecule has 1 amide bonds. The zero-order chi connectivity index (χ0) is 23.9. The summed E-state index contributed by atoms with van der Waals surface area (Å²) in [5.41, 5.74) is 5.13. The van der Waals surface area contributed by atoms with E-state index in [0.717, 1.165) is 98.8 Å². The van der Waals surface area contributed by atoms with Gasteiger partial charge in [0, 0.05) is 68.8 Å². The highest BCUT2D eigenvalue weighted by Crippen LogP contribution is 2.41. The Hall–Kier alpha value is -3.17. The van der Waals surface area contributed by atoms with Gasteiger partial charge in [0.1, 0.15) is 12.4 Å². The van der Waals surface area contributed by atoms with Gasteiger partial charge in [0.05, 0.1) is 30.2 Å². The van der Waals surface area contributed by atoms with Crippen LogP contribution in [0.5, 0.6) is 5.75 Å². The van der Waals surface area contributed by atoms with Crippen LogP contribution in [0.4, 0.5) is 17.2 Å². The van der Waals surface area contributed by atoms with Gasteiger partial charge in [-0.2, -0.15) is 0 Å². The van der Waals surface area contributed by atoms with Crippen molar-refractivity contribution in [1.29, 1.82) is 0 Å². The molecule has 1 N–H and O–H groups in total. The fourth-order valence-corrected chi connectivity index (χ4v) is 5.64. The number of fused-ring (bicyclic) bond motifs is 2. The Morgan fingerprint density at radius 2 is 2.06 bits per heavy atom. The Morgan fingerprint density at radius 1 is 1.23 bits per heavy atom. The maximum atomic E-state index is 11.9. The van der Waals surface area contributed by atoms with Crippen molar-refractivity contribution in [2.24, 2.45) is 0 Å². The number of carbonyl (C=O) groups excluding carboxylic acids is 1. The molecule has 9 heteroatoms. The van der Waals surface area contributed by atoms with E-state index in [0.29, 0.717) is 18.6 Å². The van der Waals surface area contributed by atoms with E-state index in [1.54, 1.807) is 0 Å². The first-order valence-electron chi connectivity index (χ1n) is 12.5. The molecule has 0 aromatic carbocycles. The molecule has 3 fully saturated rings. The lowest BCUT2D eigenvalue weighted by Crippen LogP contribution is -2.52. The van der Waals surface area contributed by atoms with Gasteiger partial charge in [0.2, 0.25) is 5.91 Å². The van der Waals surface area contributed by atoms with Crippen LogP contribution in [0.1, 0.15) is 29.3 Å². The molecule has 6 rings (SSSR count). The van der Waals surface area contributed by atoms with E-state index >= 15 is 0 Å². The minimum Gasteiger partial charge on any atom is -0.485 e. The SMILES string of the molecule is C=CC(=O)N1CC[C@@H](N2CC(c3cc4c(c(C)n3)OCc3c(N5CCOCC5)ccnc3N4)C2)C1. The van der Waals surface area contributed by atoms with Crippen molar-refractivity contribution in [2.45, 2.75) is 31.9 Å². The van der Waals surface area contributed by atoms with E-state index in [9.17, 15) is 4.79 Å². The number of nitrogens with one attached hydrogen (secondary N) is 1. The summed E-state index contributed by atoms with van der Waals surface area (Å²) in [7, 11) is 0. The number of anilines is 3. The van der Waals surface area contributed by atoms with Gasteiger partial charge in [-0.25, -0.2) is 4.98 Å². The first-order valence-corrected chi connectivity index (χ1v) is 12.5. The third kappa shape index (κ3) is 4.12. The molecule has 4 aliphatic heterocycles. The van der Waals surface area contributed by atoms with E-state index in [1.165, 1.54) is 6.08 Å². The van der Waals surface area contributed by atoms with E-state index in [4.69, 9.17) is 14.5 Å². The van der Waals surface area contributed by atoms with Crippen molar-refractivity contribution in [3.05, 3.63) is 47.9 Å². The van der Waals surface area contributed by atoms with E-state index in [1.807, 2.05) is 18.0 Å². The van der Waals surface area contributed by atoms with Gasteiger partial charge in [0.15, 0.2) is 5.75 Å². The van der Waals surface area contributed by atoms with Crippen molar-refractivity contribution >= 4 is 23.1 Å². The number of likely N-dealkylation sites (tertiary alicyclic amines) is 2. The number of aromatic nitrogens is 2. The van der Waals surface area contributed by atoms with Crippen LogP contribution in [-0.2, 0) is 16.1 Å². The minimum atomic E-state index is 0.0318. The third-order valence-electron chi connectivity index (χ3n) is 7.65. The van der Waals surface area contributed by atoms with E-state index in [-0.39, 0.29) is 5.91 Å². The lowest BCUT2D eigenvalue weighted by molar-refractivity contribution is -0.125. The highest BCUT2D eigenvalue weighted by atomic mass is 16.5. The van der Waals surface area contributed by atoms with Crippen LogP contribution in [0.2, 0.25) is 0 Å². The molecule has 0 spiro atoms. The zero-order valence-corrected chi connectivity index (χ0v) is 20.2. The molecule has 3 saturated heterocycles. The fourth-order valence-electron chi connectivity index (χ4n) is 5.64. The molecule has 2 aromatic heterocycles. The zero-order valence-electron chi connectivity index (χ0n) is 20.2. The Morgan fingerprint density at radius 3 is 2.86 bits per heavy atom. The number of ether oxygens (including phenoxy) is 2. The third-order valence-corrected chi connectivity index (χ3v) is 7.65. The van der Waals surface area contributed by atoms with Crippen LogP contribution < -0.4 is 15.0 Å². The van der Waals surface area contributed by atoms with Crippen molar-refractivity contribution in [1.82, 2.24) is 19.8 Å². The molecule has 2 aromatic rings. The van der Waals surface area contributed by atoms with Crippen molar-refractivity contribution in [3.8, 4) is 5.75 Å². The predicted molar refractivity (Wildman–Crippen MR) is 133 cm³/mol. The largest absolute Gasteiger partial charge is 0.485 e. The fraction of sp³-hybridized carbons (Fsp3) is 0.500. The number of amides is 1. The molecular formula is C26H32N6O3. The van der Waals surface area contributed by atoms with Gasteiger partial charge in [-0.1, -0.05) is 6.58 Å². The topological polar surface area (TPSA) is 83.1 Å². The van der Waals surface area contributed by atoms with Gasteiger partial charge in [0.25, 0.3) is 0 Å². The predicted octanol–water partition coefficient (Wildman–Crippen LogP) is 2.44. The van der Waals surface area contributed by atoms with Crippen molar-refractivity contribution in [2.75, 3.05) is 62.7 Å². The quantitative estimate of drug-likeness (QED) is 0.674. The molecule has 6 heterocycles. The van der Waals surface area contributed by atoms with Crippen LogP contribution >= 0.6 is 0 Å². The number of rotatable bonds is 4. The second-order valence-electron chi connectivity index (χ2n) is 9.76. The maximum Gasteiger partial charge on any atom is 0.246 e. The number of aryl methyl sites for hydroxylation is 1.